The van der Waals surface area contributed by atoms with E-state index in [1.54, 1.807) is 13.3 Å². The molecule has 1 aromatic carbocycles. The van der Waals surface area contributed by atoms with Gasteiger partial charge < -0.3 is 9.72 Å². The van der Waals surface area contributed by atoms with Crippen LogP contribution < -0.4 is 4.74 Å². The van der Waals surface area contributed by atoms with Gasteiger partial charge in [0, 0.05) is 5.56 Å². The first-order valence-corrected chi connectivity index (χ1v) is 5.30. The molecule has 86 valence electrons. The summed E-state index contributed by atoms with van der Waals surface area (Å²) in [5, 5.41) is 8.61. The van der Waals surface area contributed by atoms with Gasteiger partial charge in [-0.1, -0.05) is 11.6 Å². The maximum absolute atomic E-state index is 8.61. The van der Waals surface area contributed by atoms with Gasteiger partial charge in [0.15, 0.2) is 0 Å². The molecular formula is C13H13N3O. The maximum atomic E-state index is 8.61. The molecule has 0 bridgehead atoms. The van der Waals surface area contributed by atoms with Crippen LogP contribution in [0.4, 0.5) is 0 Å². The van der Waals surface area contributed by atoms with E-state index in [2.05, 4.69) is 16.0 Å². The fourth-order valence-corrected chi connectivity index (χ4v) is 1.70. The standard InChI is InChI=1S/C13H13N3O/c1-9-3-4-12(17-2)10(7-9)11-8-15-13(16-11)5-6-14/h3-4,7-8H,5H2,1-2H3,(H,15,16). The highest BCUT2D eigenvalue weighted by atomic mass is 16.5. The molecule has 0 amide bonds. The molecule has 17 heavy (non-hydrogen) atoms. The van der Waals surface area contributed by atoms with Gasteiger partial charge in [-0.05, 0) is 19.1 Å². The van der Waals surface area contributed by atoms with Crippen LogP contribution in [0.1, 0.15) is 11.4 Å². The van der Waals surface area contributed by atoms with Crippen LogP contribution in [0, 0.1) is 18.3 Å². The minimum absolute atomic E-state index is 0.286. The lowest BCUT2D eigenvalue weighted by molar-refractivity contribution is 0.416. The van der Waals surface area contributed by atoms with Crippen LogP contribution in [-0.4, -0.2) is 17.1 Å². The molecule has 0 saturated carbocycles. The Morgan fingerprint density at radius 3 is 3.00 bits per heavy atom. The average molecular weight is 227 g/mol. The number of nitrogens with zero attached hydrogens (tertiary/aromatic N) is 2. The van der Waals surface area contributed by atoms with Gasteiger partial charge in [-0.25, -0.2) is 4.98 Å². The van der Waals surface area contributed by atoms with Crippen LogP contribution in [0.2, 0.25) is 0 Å². The van der Waals surface area contributed by atoms with Crippen molar-refractivity contribution in [2.75, 3.05) is 7.11 Å². The topological polar surface area (TPSA) is 61.7 Å². The summed E-state index contributed by atoms with van der Waals surface area (Å²) < 4.78 is 5.31. The van der Waals surface area contributed by atoms with E-state index < -0.39 is 0 Å². The number of aryl methyl sites for hydroxylation is 1. The summed E-state index contributed by atoms with van der Waals surface area (Å²) >= 11 is 0. The Kier molecular flexibility index (Phi) is 3.10. The number of hydrogen-bond donors (Lipinski definition) is 1. The quantitative estimate of drug-likeness (QED) is 0.876. The monoisotopic (exact) mass is 227 g/mol. The molecule has 0 radical (unpaired) electrons. The number of aromatic amines is 1. The molecule has 1 N–H and O–H groups in total. The smallest absolute Gasteiger partial charge is 0.128 e. The number of aromatic nitrogens is 2. The summed E-state index contributed by atoms with van der Waals surface area (Å²) in [6.45, 7) is 2.02. The Morgan fingerprint density at radius 2 is 2.29 bits per heavy atom. The molecule has 0 aliphatic carbocycles. The second-order valence-electron chi connectivity index (χ2n) is 3.78. The summed E-state index contributed by atoms with van der Waals surface area (Å²) in [6.07, 6.45) is 2.01. The lowest BCUT2D eigenvalue weighted by Gasteiger charge is -2.07. The number of nitrogens with one attached hydrogen (secondary N) is 1. The van der Waals surface area contributed by atoms with Gasteiger partial charge in [-0.3, -0.25) is 0 Å². The van der Waals surface area contributed by atoms with Crippen molar-refractivity contribution < 1.29 is 4.74 Å². The van der Waals surface area contributed by atoms with Crippen LogP contribution in [0.3, 0.4) is 0 Å². The molecular weight excluding hydrogens is 214 g/mol. The molecule has 2 aromatic rings. The van der Waals surface area contributed by atoms with Crippen LogP contribution in [0.25, 0.3) is 11.3 Å². The minimum atomic E-state index is 0.286. The zero-order chi connectivity index (χ0) is 12.3. The predicted molar refractivity (Wildman–Crippen MR) is 64.6 cm³/mol. The number of ether oxygens (including phenoxy) is 1. The number of nitriles is 1. The third-order valence-electron chi connectivity index (χ3n) is 2.52. The number of rotatable bonds is 3. The third kappa shape index (κ3) is 2.28. The van der Waals surface area contributed by atoms with E-state index >= 15 is 0 Å². The molecule has 0 fully saturated rings. The van der Waals surface area contributed by atoms with Crippen molar-refractivity contribution in [3.8, 4) is 23.1 Å². The summed E-state index contributed by atoms with van der Waals surface area (Å²) in [7, 11) is 1.64. The van der Waals surface area contributed by atoms with Gasteiger partial charge in [0.2, 0.25) is 0 Å². The minimum Gasteiger partial charge on any atom is -0.496 e. The third-order valence-corrected chi connectivity index (χ3v) is 2.52. The number of benzene rings is 1. The molecule has 0 saturated heterocycles. The fourth-order valence-electron chi connectivity index (χ4n) is 1.70. The Balaban J connectivity index is 2.44. The molecule has 0 unspecified atom stereocenters. The lowest BCUT2D eigenvalue weighted by Crippen LogP contribution is -1.89. The van der Waals surface area contributed by atoms with E-state index in [1.165, 1.54) is 0 Å². The van der Waals surface area contributed by atoms with Crippen LogP contribution in [0.15, 0.2) is 24.4 Å². The Hall–Kier alpha value is -2.28. The summed E-state index contributed by atoms with van der Waals surface area (Å²) in [5.41, 5.74) is 2.98. The number of hydrogen-bond acceptors (Lipinski definition) is 3. The van der Waals surface area contributed by atoms with Crippen molar-refractivity contribution in [2.45, 2.75) is 13.3 Å². The lowest BCUT2D eigenvalue weighted by atomic mass is 10.1. The van der Waals surface area contributed by atoms with Crippen molar-refractivity contribution in [1.82, 2.24) is 9.97 Å². The number of H-pyrrole nitrogens is 1. The highest BCUT2D eigenvalue weighted by Crippen LogP contribution is 2.29. The van der Waals surface area contributed by atoms with Crippen molar-refractivity contribution in [1.29, 1.82) is 5.26 Å². The largest absolute Gasteiger partial charge is 0.496 e. The Labute approximate surface area is 99.9 Å². The van der Waals surface area contributed by atoms with Crippen LogP contribution in [0.5, 0.6) is 5.75 Å². The summed E-state index contributed by atoms with van der Waals surface area (Å²) in [6, 6.07) is 8.02. The van der Waals surface area contributed by atoms with Crippen molar-refractivity contribution >= 4 is 0 Å². The summed E-state index contributed by atoms with van der Waals surface area (Å²) in [5.74, 6) is 1.47. The predicted octanol–water partition coefficient (Wildman–Crippen LogP) is 2.46. The van der Waals surface area contributed by atoms with E-state index in [-0.39, 0.29) is 6.42 Å². The van der Waals surface area contributed by atoms with Crippen molar-refractivity contribution in [2.24, 2.45) is 0 Å². The zero-order valence-electron chi connectivity index (χ0n) is 9.82. The van der Waals surface area contributed by atoms with E-state index in [0.29, 0.717) is 5.82 Å². The van der Waals surface area contributed by atoms with E-state index in [1.807, 2.05) is 25.1 Å². The maximum Gasteiger partial charge on any atom is 0.128 e. The molecule has 0 atom stereocenters. The first-order chi connectivity index (χ1) is 8.24. The molecule has 0 aliphatic rings. The average Bonchev–Trinajstić information content (AvgIpc) is 2.78. The molecule has 4 nitrogen and oxygen atoms in total. The van der Waals surface area contributed by atoms with E-state index in [4.69, 9.17) is 10.00 Å². The van der Waals surface area contributed by atoms with Crippen molar-refractivity contribution in [3.05, 3.63) is 35.8 Å². The molecule has 4 heteroatoms. The first-order valence-electron chi connectivity index (χ1n) is 5.30. The van der Waals surface area contributed by atoms with Gasteiger partial charge in [-0.15, -0.1) is 0 Å². The fraction of sp³-hybridized carbons (Fsp3) is 0.231. The van der Waals surface area contributed by atoms with Crippen molar-refractivity contribution in [3.63, 3.8) is 0 Å². The van der Waals surface area contributed by atoms with Crippen LogP contribution in [-0.2, 0) is 6.42 Å². The molecule has 0 aliphatic heterocycles. The highest BCUT2D eigenvalue weighted by molar-refractivity contribution is 5.67. The van der Waals surface area contributed by atoms with Gasteiger partial charge >= 0.3 is 0 Å². The second-order valence-corrected chi connectivity index (χ2v) is 3.78. The molecule has 0 spiro atoms. The van der Waals surface area contributed by atoms with E-state index in [9.17, 15) is 0 Å². The molecule has 2 rings (SSSR count). The Bertz CT molecular complexity index is 566. The van der Waals surface area contributed by atoms with Gasteiger partial charge in [-0.2, -0.15) is 5.26 Å². The first kappa shape index (κ1) is 11.2. The Morgan fingerprint density at radius 1 is 1.47 bits per heavy atom. The molecule has 1 aromatic heterocycles. The van der Waals surface area contributed by atoms with Crippen LogP contribution >= 0.6 is 0 Å². The van der Waals surface area contributed by atoms with Gasteiger partial charge in [0.25, 0.3) is 0 Å². The highest BCUT2D eigenvalue weighted by Gasteiger charge is 2.09. The zero-order valence-corrected chi connectivity index (χ0v) is 9.82. The number of imidazole rings is 1. The second kappa shape index (κ2) is 4.71. The SMILES string of the molecule is COc1ccc(C)cc1-c1cnc(CC#N)[nH]1. The normalized spacial score (nSPS) is 9.94. The summed E-state index contributed by atoms with van der Waals surface area (Å²) in [4.78, 5) is 7.27. The number of methoxy groups -OCH3 is 1. The van der Waals surface area contributed by atoms with Gasteiger partial charge in [0.1, 0.15) is 11.6 Å². The van der Waals surface area contributed by atoms with Gasteiger partial charge in [0.05, 0.1) is 31.5 Å². The van der Waals surface area contributed by atoms with E-state index in [0.717, 1.165) is 22.6 Å². The molecule has 1 heterocycles.